The molecule has 0 aliphatic rings. The Kier molecular flexibility index (Phi) is 13.1. The lowest BCUT2D eigenvalue weighted by Crippen LogP contribution is -2.25. The van der Waals surface area contributed by atoms with E-state index in [2.05, 4.69) is 129 Å². The molecule has 0 radical (unpaired) electrons. The number of nitrogens with zero attached hydrogens (tertiary/aromatic N) is 3. The van der Waals surface area contributed by atoms with Crippen LogP contribution in [0.25, 0.3) is 0 Å². The number of rotatable bonds is 12. The van der Waals surface area contributed by atoms with Crippen LogP contribution >= 0.6 is 7.92 Å². The summed E-state index contributed by atoms with van der Waals surface area (Å²) in [6.45, 7) is 19.6. The lowest BCUT2D eigenvalue weighted by molar-refractivity contribution is 0.368. The highest BCUT2D eigenvalue weighted by Gasteiger charge is 2.26. The van der Waals surface area contributed by atoms with Crippen molar-refractivity contribution in [3.8, 4) is 0 Å². The highest BCUT2D eigenvalue weighted by molar-refractivity contribution is 7.79. The topological polar surface area (TPSA) is 9.72 Å². The molecule has 0 spiro atoms. The second kappa shape index (κ2) is 15.8. The fraction of sp³-hybridized carbons (Fsp3) is 0.400. The third-order valence-electron chi connectivity index (χ3n) is 6.85. The molecule has 0 aliphatic heterocycles. The van der Waals surface area contributed by atoms with Gasteiger partial charge in [-0.3, -0.25) is 0 Å². The second-order valence-corrected chi connectivity index (χ2v) is 11.5. The van der Waals surface area contributed by atoms with E-state index < -0.39 is 15.2 Å². The Morgan fingerprint density at radius 3 is 0.769 bits per heavy atom. The first-order chi connectivity index (χ1) is 18.6. The first kappa shape index (κ1) is 32.5. The van der Waals surface area contributed by atoms with Crippen LogP contribution in [0.1, 0.15) is 41.5 Å². The summed E-state index contributed by atoms with van der Waals surface area (Å²) in [6.07, 6.45) is 0. The summed E-state index contributed by atoms with van der Waals surface area (Å²) in [7, 11) is -7.10. The van der Waals surface area contributed by atoms with Crippen LogP contribution in [0.15, 0.2) is 72.8 Å². The molecule has 0 atom stereocenters. The van der Waals surface area contributed by atoms with Crippen molar-refractivity contribution in [3.05, 3.63) is 72.8 Å². The summed E-state index contributed by atoms with van der Waals surface area (Å²) < 4.78 is 39.0. The summed E-state index contributed by atoms with van der Waals surface area (Å²) in [5, 5.41) is 4.31. The van der Waals surface area contributed by atoms with Crippen molar-refractivity contribution in [1.29, 1.82) is 0 Å². The first-order valence-electron chi connectivity index (χ1n) is 13.9. The largest absolute Gasteiger partial charge is 0.673 e. The Morgan fingerprint density at radius 1 is 0.436 bits per heavy atom. The van der Waals surface area contributed by atoms with Gasteiger partial charge < -0.3 is 32.0 Å². The molecular weight excluding hydrogens is 520 g/mol. The monoisotopic (exact) mass is 563 g/mol. The van der Waals surface area contributed by atoms with Crippen LogP contribution in [0.2, 0.25) is 0 Å². The van der Waals surface area contributed by atoms with Crippen LogP contribution in [-0.2, 0) is 0 Å². The molecule has 0 N–H and O–H groups in total. The molecule has 0 heterocycles. The average Bonchev–Trinajstić information content (AvgIpc) is 2.92. The maximum absolute atomic E-state index is 9.75. The van der Waals surface area contributed by atoms with E-state index in [0.29, 0.717) is 0 Å². The van der Waals surface area contributed by atoms with Crippen molar-refractivity contribution >= 4 is 48.2 Å². The summed E-state index contributed by atoms with van der Waals surface area (Å²) in [4.78, 5) is 7.23. The molecule has 0 saturated heterocycles. The fourth-order valence-corrected chi connectivity index (χ4v) is 7.28. The van der Waals surface area contributed by atoms with Gasteiger partial charge in [-0.25, -0.2) is 0 Å². The molecule has 0 amide bonds. The standard InChI is InChI=1S/C30H42N3P.BF4/c1-7-31(8-2)25-13-19-28(20-14-25)34(29-21-15-26(16-22-29)32(9-3)10-4)30-23-17-27(18-24-30)33(11-5)12-6;2-1(3,4)5/h13-24H,7-12H2,1-6H3;/q;-1/p+1. The van der Waals surface area contributed by atoms with Crippen molar-refractivity contribution in [3.63, 3.8) is 0 Å². The van der Waals surface area contributed by atoms with Crippen LogP contribution in [0, 0.1) is 0 Å². The van der Waals surface area contributed by atoms with Gasteiger partial charge in [-0.15, -0.1) is 0 Å². The lowest BCUT2D eigenvalue weighted by Gasteiger charge is -2.23. The van der Waals surface area contributed by atoms with Gasteiger partial charge in [0.1, 0.15) is 15.9 Å². The Morgan fingerprint density at radius 2 is 0.615 bits per heavy atom. The summed E-state index contributed by atoms with van der Waals surface area (Å²) >= 11 is 0. The molecular formula is C30H43BF4N3P. The smallest absolute Gasteiger partial charge is 0.418 e. The minimum atomic E-state index is -6.00. The number of hydrogen-bond donors (Lipinski definition) is 0. The van der Waals surface area contributed by atoms with Crippen molar-refractivity contribution in [2.24, 2.45) is 0 Å². The van der Waals surface area contributed by atoms with Crippen LogP contribution in [0.4, 0.5) is 34.3 Å². The number of anilines is 3. The van der Waals surface area contributed by atoms with E-state index >= 15 is 0 Å². The molecule has 0 aliphatic carbocycles. The average molecular weight is 563 g/mol. The van der Waals surface area contributed by atoms with Gasteiger partial charge >= 0.3 is 7.25 Å². The zero-order valence-electron chi connectivity index (χ0n) is 24.1. The second-order valence-electron chi connectivity index (χ2n) is 9.03. The van der Waals surface area contributed by atoms with Crippen LogP contribution in [0.3, 0.4) is 0 Å². The minimum absolute atomic E-state index is 1.04. The molecule has 3 nitrogen and oxygen atoms in total. The van der Waals surface area contributed by atoms with E-state index in [1.807, 2.05) is 0 Å². The minimum Gasteiger partial charge on any atom is -0.418 e. The van der Waals surface area contributed by atoms with Gasteiger partial charge in [0.15, 0.2) is 0 Å². The molecule has 39 heavy (non-hydrogen) atoms. The SMILES string of the molecule is CCN(CC)c1ccc([PH+](c2ccc(N(CC)CC)cc2)c2ccc(N(CC)CC)cc2)cc1.F[B-](F)(F)F. The van der Waals surface area contributed by atoms with Crippen molar-refractivity contribution in [1.82, 2.24) is 0 Å². The zero-order valence-corrected chi connectivity index (χ0v) is 25.1. The molecule has 3 rings (SSSR count). The van der Waals surface area contributed by atoms with Gasteiger partial charge in [0, 0.05) is 56.3 Å². The van der Waals surface area contributed by atoms with Crippen molar-refractivity contribution < 1.29 is 17.3 Å². The first-order valence-corrected chi connectivity index (χ1v) is 15.4. The Hall–Kier alpha value is -2.73. The Balaban J connectivity index is 0.000000976. The van der Waals surface area contributed by atoms with E-state index in [4.69, 9.17) is 0 Å². The normalized spacial score (nSPS) is 11.2. The lowest BCUT2D eigenvalue weighted by atomic mass is 10.3. The maximum atomic E-state index is 9.75. The molecule has 0 aromatic heterocycles. The molecule has 0 fully saturated rings. The molecule has 214 valence electrons. The Labute approximate surface area is 233 Å². The van der Waals surface area contributed by atoms with E-state index in [1.165, 1.54) is 33.0 Å². The van der Waals surface area contributed by atoms with Gasteiger partial charge in [0.05, 0.1) is 7.92 Å². The van der Waals surface area contributed by atoms with Crippen LogP contribution in [0.5, 0.6) is 0 Å². The zero-order chi connectivity index (χ0) is 29.0. The van der Waals surface area contributed by atoms with E-state index in [1.54, 1.807) is 0 Å². The quantitative estimate of drug-likeness (QED) is 0.133. The number of halogens is 4. The fourth-order valence-electron chi connectivity index (χ4n) is 4.78. The van der Waals surface area contributed by atoms with Gasteiger partial charge in [0.25, 0.3) is 0 Å². The molecule has 0 saturated carbocycles. The number of benzene rings is 3. The predicted molar refractivity (Wildman–Crippen MR) is 167 cm³/mol. The predicted octanol–water partition coefficient (Wildman–Crippen LogP) is 7.02. The summed E-state index contributed by atoms with van der Waals surface area (Å²) in [6, 6.07) is 28.0. The molecule has 3 aromatic rings. The van der Waals surface area contributed by atoms with Gasteiger partial charge in [-0.1, -0.05) is 0 Å². The van der Waals surface area contributed by atoms with E-state index in [-0.39, 0.29) is 0 Å². The summed E-state index contributed by atoms with van der Waals surface area (Å²) in [5.41, 5.74) is 3.93. The number of hydrogen-bond acceptors (Lipinski definition) is 3. The van der Waals surface area contributed by atoms with Crippen molar-refractivity contribution in [2.45, 2.75) is 41.5 Å². The van der Waals surface area contributed by atoms with Gasteiger partial charge in [-0.2, -0.15) is 0 Å². The third kappa shape index (κ3) is 9.76. The molecule has 3 aromatic carbocycles. The maximum Gasteiger partial charge on any atom is 0.673 e. The third-order valence-corrected chi connectivity index (χ3v) is 9.59. The highest BCUT2D eigenvalue weighted by Crippen LogP contribution is 2.35. The van der Waals surface area contributed by atoms with Crippen LogP contribution in [-0.4, -0.2) is 46.5 Å². The molecule has 0 unspecified atom stereocenters. The van der Waals surface area contributed by atoms with E-state index in [9.17, 15) is 17.3 Å². The molecule has 0 bridgehead atoms. The molecule has 9 heteroatoms. The Bertz CT molecular complexity index is 943. The van der Waals surface area contributed by atoms with Gasteiger partial charge in [-0.05, 0) is 114 Å². The highest BCUT2D eigenvalue weighted by atomic mass is 31.1. The van der Waals surface area contributed by atoms with Crippen molar-refractivity contribution in [2.75, 3.05) is 54.0 Å². The van der Waals surface area contributed by atoms with Crippen LogP contribution < -0.4 is 30.6 Å². The van der Waals surface area contributed by atoms with E-state index in [0.717, 1.165) is 39.3 Å². The van der Waals surface area contributed by atoms with Gasteiger partial charge in [0.2, 0.25) is 0 Å². The summed E-state index contributed by atoms with van der Waals surface area (Å²) in [5.74, 6) is 0.